The molecule has 2 aromatic carbocycles. The van der Waals surface area contributed by atoms with Crippen LogP contribution in [0.2, 0.25) is 0 Å². The standard InChI is InChI=1S/C29H37NO5/c1-8-21(17-25(31)35-29(5,6)7)23-15-14-22(26(32)30-19-28(2,3)4)16-24(23)27(33)34-18-20-12-10-9-11-13-20/h9-17H,8,18-19H2,1-7H3,(H,30,32)/b21-17+. The second-order valence-electron chi connectivity index (χ2n) is 10.6. The van der Waals surface area contributed by atoms with E-state index in [1.165, 1.54) is 12.1 Å². The Bertz CT molecular complexity index is 1070. The normalized spacial score (nSPS) is 12.1. The molecule has 2 aromatic rings. The first-order chi connectivity index (χ1) is 16.3. The van der Waals surface area contributed by atoms with Gasteiger partial charge in [-0.2, -0.15) is 0 Å². The number of carbonyl (C=O) groups is 3. The Balaban J connectivity index is 2.42. The zero-order chi connectivity index (χ0) is 26.2. The minimum atomic E-state index is -0.640. The summed E-state index contributed by atoms with van der Waals surface area (Å²) in [6.07, 6.45) is 1.88. The van der Waals surface area contributed by atoms with E-state index in [4.69, 9.17) is 9.47 Å². The van der Waals surface area contributed by atoms with Crippen LogP contribution in [0.15, 0.2) is 54.6 Å². The Labute approximate surface area is 208 Å². The highest BCUT2D eigenvalue weighted by Crippen LogP contribution is 2.26. The van der Waals surface area contributed by atoms with E-state index in [0.29, 0.717) is 29.7 Å². The zero-order valence-electron chi connectivity index (χ0n) is 21.9. The van der Waals surface area contributed by atoms with Gasteiger partial charge in [-0.05, 0) is 61.4 Å². The summed E-state index contributed by atoms with van der Waals surface area (Å²) in [5.41, 5.74) is 1.84. The van der Waals surface area contributed by atoms with Crippen molar-refractivity contribution >= 4 is 23.4 Å². The summed E-state index contributed by atoms with van der Waals surface area (Å²) < 4.78 is 11.0. The molecule has 0 radical (unpaired) electrons. The van der Waals surface area contributed by atoms with Crippen LogP contribution >= 0.6 is 0 Å². The second kappa shape index (κ2) is 11.8. The lowest BCUT2D eigenvalue weighted by Gasteiger charge is -2.20. The van der Waals surface area contributed by atoms with Gasteiger partial charge in [-0.25, -0.2) is 9.59 Å². The van der Waals surface area contributed by atoms with Gasteiger partial charge >= 0.3 is 11.9 Å². The van der Waals surface area contributed by atoms with Crippen molar-refractivity contribution in [3.8, 4) is 0 Å². The van der Waals surface area contributed by atoms with Crippen LogP contribution in [-0.4, -0.2) is 30.0 Å². The molecule has 1 N–H and O–H groups in total. The highest BCUT2D eigenvalue weighted by Gasteiger charge is 2.21. The smallest absolute Gasteiger partial charge is 0.339 e. The monoisotopic (exact) mass is 479 g/mol. The summed E-state index contributed by atoms with van der Waals surface area (Å²) in [6.45, 7) is 13.9. The summed E-state index contributed by atoms with van der Waals surface area (Å²) in [7, 11) is 0. The van der Waals surface area contributed by atoms with Crippen LogP contribution in [-0.2, 0) is 20.9 Å². The molecule has 0 bridgehead atoms. The molecule has 35 heavy (non-hydrogen) atoms. The Morgan fingerprint density at radius 2 is 1.57 bits per heavy atom. The summed E-state index contributed by atoms with van der Waals surface area (Å²) >= 11 is 0. The van der Waals surface area contributed by atoms with Gasteiger partial charge in [0.2, 0.25) is 0 Å². The van der Waals surface area contributed by atoms with Gasteiger partial charge in [0.05, 0.1) is 5.56 Å². The van der Waals surface area contributed by atoms with Crippen LogP contribution in [0.25, 0.3) is 5.57 Å². The maximum absolute atomic E-state index is 13.2. The lowest BCUT2D eigenvalue weighted by molar-refractivity contribution is -0.148. The fraction of sp³-hybridized carbons (Fsp3) is 0.414. The van der Waals surface area contributed by atoms with Gasteiger partial charge in [0.25, 0.3) is 5.91 Å². The summed E-state index contributed by atoms with van der Waals surface area (Å²) in [5.74, 6) is -1.35. The maximum Gasteiger partial charge on any atom is 0.339 e. The number of rotatable bonds is 8. The average Bonchev–Trinajstić information content (AvgIpc) is 2.78. The van der Waals surface area contributed by atoms with E-state index in [1.807, 2.05) is 58.0 Å². The molecule has 0 heterocycles. The van der Waals surface area contributed by atoms with E-state index in [9.17, 15) is 14.4 Å². The first-order valence-electron chi connectivity index (χ1n) is 11.9. The molecule has 6 nitrogen and oxygen atoms in total. The van der Waals surface area contributed by atoms with Crippen LogP contribution in [0, 0.1) is 5.41 Å². The van der Waals surface area contributed by atoms with E-state index < -0.39 is 17.5 Å². The van der Waals surface area contributed by atoms with Crippen molar-refractivity contribution in [1.82, 2.24) is 5.32 Å². The number of carbonyl (C=O) groups excluding carboxylic acids is 3. The molecule has 0 fully saturated rings. The predicted octanol–water partition coefficient (Wildman–Crippen LogP) is 5.95. The van der Waals surface area contributed by atoms with Crippen molar-refractivity contribution in [2.45, 2.75) is 67.1 Å². The minimum absolute atomic E-state index is 0.0847. The molecule has 0 unspecified atom stereocenters. The largest absolute Gasteiger partial charge is 0.457 e. The summed E-state index contributed by atoms with van der Waals surface area (Å²) in [4.78, 5) is 38.4. The lowest BCUT2D eigenvalue weighted by Crippen LogP contribution is -2.32. The van der Waals surface area contributed by atoms with Gasteiger partial charge in [0, 0.05) is 18.2 Å². The molecule has 0 spiro atoms. The molecule has 0 aliphatic heterocycles. The Morgan fingerprint density at radius 3 is 2.14 bits per heavy atom. The molecular weight excluding hydrogens is 442 g/mol. The number of allylic oxidation sites excluding steroid dienone is 1. The summed E-state index contributed by atoms with van der Waals surface area (Å²) in [5, 5.41) is 2.90. The van der Waals surface area contributed by atoms with Crippen molar-refractivity contribution in [1.29, 1.82) is 0 Å². The Hall–Kier alpha value is -3.41. The van der Waals surface area contributed by atoms with Gasteiger partial charge in [-0.15, -0.1) is 0 Å². The number of ether oxygens (including phenoxy) is 2. The van der Waals surface area contributed by atoms with Crippen LogP contribution in [0.3, 0.4) is 0 Å². The van der Waals surface area contributed by atoms with Gasteiger partial charge in [0.15, 0.2) is 0 Å². The third-order valence-electron chi connectivity index (χ3n) is 4.92. The van der Waals surface area contributed by atoms with Crippen molar-refractivity contribution in [2.75, 3.05) is 6.54 Å². The number of hydrogen-bond donors (Lipinski definition) is 1. The first kappa shape index (κ1) is 27.8. The van der Waals surface area contributed by atoms with E-state index >= 15 is 0 Å². The molecule has 188 valence electrons. The molecule has 0 atom stereocenters. The fourth-order valence-electron chi connectivity index (χ4n) is 3.23. The molecular formula is C29H37NO5. The van der Waals surface area contributed by atoms with Crippen molar-refractivity contribution < 1.29 is 23.9 Å². The van der Waals surface area contributed by atoms with Crippen LogP contribution in [0.4, 0.5) is 0 Å². The quantitative estimate of drug-likeness (QED) is 0.373. The lowest BCUT2D eigenvalue weighted by atomic mass is 9.94. The Kier molecular flexibility index (Phi) is 9.40. The predicted molar refractivity (Wildman–Crippen MR) is 138 cm³/mol. The number of hydrogen-bond acceptors (Lipinski definition) is 5. The molecule has 6 heteroatoms. The maximum atomic E-state index is 13.2. The van der Waals surface area contributed by atoms with Gasteiger partial charge in [-0.1, -0.05) is 64.1 Å². The SMILES string of the molecule is CC/C(=C\C(=O)OC(C)(C)C)c1ccc(C(=O)NCC(C)(C)C)cc1C(=O)OCc1ccccc1. The zero-order valence-corrected chi connectivity index (χ0v) is 21.9. The van der Waals surface area contributed by atoms with E-state index in [2.05, 4.69) is 5.32 Å². The third kappa shape index (κ3) is 9.39. The molecule has 2 rings (SSSR count). The van der Waals surface area contributed by atoms with Gasteiger partial charge in [-0.3, -0.25) is 4.79 Å². The molecule has 0 aliphatic carbocycles. The van der Waals surface area contributed by atoms with Crippen LogP contribution in [0.5, 0.6) is 0 Å². The van der Waals surface area contributed by atoms with Gasteiger partial charge < -0.3 is 14.8 Å². The molecule has 0 saturated carbocycles. The highest BCUT2D eigenvalue weighted by atomic mass is 16.6. The number of nitrogens with one attached hydrogen (secondary N) is 1. The molecule has 0 aromatic heterocycles. The van der Waals surface area contributed by atoms with Crippen LogP contribution < -0.4 is 5.32 Å². The fourth-order valence-corrected chi connectivity index (χ4v) is 3.23. The van der Waals surface area contributed by atoms with E-state index in [-0.39, 0.29) is 23.5 Å². The number of benzene rings is 2. The summed E-state index contributed by atoms with van der Waals surface area (Å²) in [6, 6.07) is 14.2. The Morgan fingerprint density at radius 1 is 0.914 bits per heavy atom. The third-order valence-corrected chi connectivity index (χ3v) is 4.92. The van der Waals surface area contributed by atoms with Crippen molar-refractivity contribution in [3.63, 3.8) is 0 Å². The molecule has 0 saturated heterocycles. The minimum Gasteiger partial charge on any atom is -0.457 e. The first-order valence-corrected chi connectivity index (χ1v) is 11.9. The number of amides is 1. The van der Waals surface area contributed by atoms with Crippen molar-refractivity contribution in [3.05, 3.63) is 76.9 Å². The average molecular weight is 480 g/mol. The molecule has 0 aliphatic rings. The second-order valence-corrected chi connectivity index (χ2v) is 10.6. The highest BCUT2D eigenvalue weighted by molar-refractivity contribution is 6.02. The molecule has 1 amide bonds. The number of esters is 2. The van der Waals surface area contributed by atoms with E-state index in [1.54, 1.807) is 32.9 Å². The van der Waals surface area contributed by atoms with E-state index in [0.717, 1.165) is 5.56 Å². The topological polar surface area (TPSA) is 81.7 Å². The van der Waals surface area contributed by atoms with Crippen LogP contribution in [0.1, 0.15) is 86.7 Å². The van der Waals surface area contributed by atoms with Crippen molar-refractivity contribution in [2.24, 2.45) is 5.41 Å². The van der Waals surface area contributed by atoms with Gasteiger partial charge in [0.1, 0.15) is 12.2 Å².